The molecule has 2 rings (SSSR count). The average Bonchev–Trinajstić information content (AvgIpc) is 2.74. The summed E-state index contributed by atoms with van der Waals surface area (Å²) in [5.74, 6) is -2.02. The summed E-state index contributed by atoms with van der Waals surface area (Å²) in [6, 6.07) is 2.56. The molecule has 0 spiro atoms. The minimum atomic E-state index is -1.28. The fourth-order valence-electron chi connectivity index (χ4n) is 2.55. The van der Waals surface area contributed by atoms with E-state index in [9.17, 15) is 19.4 Å². The number of carboxylic acids is 1. The molecule has 1 aromatic carbocycles. The third kappa shape index (κ3) is 1.82. The molecule has 1 aliphatic carbocycles. The first-order valence-corrected chi connectivity index (χ1v) is 6.19. The van der Waals surface area contributed by atoms with Crippen molar-refractivity contribution in [3.05, 3.63) is 28.0 Å². The quantitative estimate of drug-likeness (QED) is 0.882. The number of hydrogen-bond acceptors (Lipinski definition) is 2. The second kappa shape index (κ2) is 4.29. The van der Waals surface area contributed by atoms with Gasteiger partial charge in [0.1, 0.15) is 11.6 Å². The molecule has 0 amide bonds. The second-order valence-corrected chi connectivity index (χ2v) is 5.20. The van der Waals surface area contributed by atoms with E-state index in [4.69, 9.17) is 0 Å². The van der Waals surface area contributed by atoms with E-state index in [-0.39, 0.29) is 11.3 Å². The van der Waals surface area contributed by atoms with Crippen LogP contribution in [0.3, 0.4) is 0 Å². The maximum Gasteiger partial charge on any atom is 0.314 e. The van der Waals surface area contributed by atoms with E-state index in [0.29, 0.717) is 17.3 Å². The predicted molar refractivity (Wildman–Crippen MR) is 63.5 cm³/mol. The van der Waals surface area contributed by atoms with Crippen LogP contribution < -0.4 is 0 Å². The summed E-state index contributed by atoms with van der Waals surface area (Å²) in [7, 11) is 0. The van der Waals surface area contributed by atoms with Gasteiger partial charge in [-0.05, 0) is 40.9 Å². The first kappa shape index (κ1) is 12.4. The van der Waals surface area contributed by atoms with Gasteiger partial charge in [-0.3, -0.25) is 4.79 Å². The molecule has 17 heavy (non-hydrogen) atoms. The van der Waals surface area contributed by atoms with Crippen LogP contribution in [0.4, 0.5) is 4.39 Å². The lowest BCUT2D eigenvalue weighted by Crippen LogP contribution is -2.33. The molecule has 0 atom stereocenters. The Morgan fingerprint density at radius 3 is 2.47 bits per heavy atom. The number of rotatable bonds is 2. The van der Waals surface area contributed by atoms with E-state index in [2.05, 4.69) is 15.9 Å². The Balaban J connectivity index is 2.66. The van der Waals surface area contributed by atoms with Gasteiger partial charge in [-0.1, -0.05) is 12.8 Å². The third-order valence-corrected chi connectivity index (χ3v) is 4.06. The highest BCUT2D eigenvalue weighted by Crippen LogP contribution is 2.47. The van der Waals surface area contributed by atoms with Crippen LogP contribution in [0.5, 0.6) is 5.75 Å². The van der Waals surface area contributed by atoms with Gasteiger partial charge >= 0.3 is 5.97 Å². The highest BCUT2D eigenvalue weighted by molar-refractivity contribution is 9.10. The summed E-state index contributed by atoms with van der Waals surface area (Å²) in [6.45, 7) is 0. The molecule has 1 aromatic rings. The second-order valence-electron chi connectivity index (χ2n) is 4.35. The summed E-state index contributed by atoms with van der Waals surface area (Å²) in [5, 5.41) is 19.3. The zero-order chi connectivity index (χ0) is 12.6. The largest absolute Gasteiger partial charge is 0.506 e. The van der Waals surface area contributed by atoms with E-state index in [1.807, 2.05) is 0 Å². The van der Waals surface area contributed by atoms with Crippen LogP contribution in [-0.2, 0) is 10.2 Å². The van der Waals surface area contributed by atoms with Gasteiger partial charge in [-0.2, -0.15) is 0 Å². The number of carbonyl (C=O) groups is 1. The highest BCUT2D eigenvalue weighted by atomic mass is 79.9. The summed E-state index contributed by atoms with van der Waals surface area (Å²) in [6.07, 6.45) is 2.20. The third-order valence-electron chi connectivity index (χ3n) is 3.42. The zero-order valence-corrected chi connectivity index (χ0v) is 10.6. The van der Waals surface area contributed by atoms with Crippen LogP contribution in [0, 0.1) is 5.82 Å². The van der Waals surface area contributed by atoms with E-state index in [0.717, 1.165) is 12.8 Å². The van der Waals surface area contributed by atoms with Crippen molar-refractivity contribution in [1.82, 2.24) is 0 Å². The minimum absolute atomic E-state index is 0.0862. The number of halogens is 2. The molecule has 0 bridgehead atoms. The van der Waals surface area contributed by atoms with Crippen LogP contribution in [0.1, 0.15) is 31.2 Å². The molecule has 1 aliphatic rings. The van der Waals surface area contributed by atoms with Gasteiger partial charge in [0.2, 0.25) is 0 Å². The molecule has 0 aromatic heterocycles. The topological polar surface area (TPSA) is 57.5 Å². The van der Waals surface area contributed by atoms with Crippen molar-refractivity contribution in [2.75, 3.05) is 0 Å². The number of carboxylic acid groups (broad SMARTS) is 1. The van der Waals surface area contributed by atoms with Crippen molar-refractivity contribution in [2.45, 2.75) is 31.1 Å². The van der Waals surface area contributed by atoms with Crippen molar-refractivity contribution in [3.8, 4) is 5.75 Å². The molecule has 1 fully saturated rings. The molecule has 0 heterocycles. The molecule has 2 N–H and O–H groups in total. The Morgan fingerprint density at radius 2 is 1.94 bits per heavy atom. The normalized spacial score (nSPS) is 18.2. The van der Waals surface area contributed by atoms with Gasteiger partial charge in [0.05, 0.1) is 9.89 Å². The molecular formula is C12H12BrFO3. The number of phenols is 1. The molecule has 0 radical (unpaired) electrons. The summed E-state index contributed by atoms with van der Waals surface area (Å²) in [4.78, 5) is 11.4. The number of aliphatic carboxylic acids is 1. The molecule has 3 nitrogen and oxygen atoms in total. The highest BCUT2D eigenvalue weighted by Gasteiger charge is 2.46. The van der Waals surface area contributed by atoms with Crippen LogP contribution in [0.15, 0.2) is 16.6 Å². The van der Waals surface area contributed by atoms with E-state index >= 15 is 0 Å². The molecule has 5 heteroatoms. The Labute approximate surface area is 106 Å². The van der Waals surface area contributed by atoms with Crippen molar-refractivity contribution >= 4 is 21.9 Å². The summed E-state index contributed by atoms with van der Waals surface area (Å²) < 4.78 is 14.2. The van der Waals surface area contributed by atoms with Crippen LogP contribution in [0.25, 0.3) is 0 Å². The van der Waals surface area contributed by atoms with Gasteiger partial charge in [-0.15, -0.1) is 0 Å². The number of hydrogen-bond donors (Lipinski definition) is 2. The van der Waals surface area contributed by atoms with Gasteiger partial charge in [-0.25, -0.2) is 4.39 Å². The Kier molecular flexibility index (Phi) is 3.12. The first-order valence-electron chi connectivity index (χ1n) is 5.40. The minimum Gasteiger partial charge on any atom is -0.506 e. The monoisotopic (exact) mass is 302 g/mol. The van der Waals surface area contributed by atoms with Crippen molar-refractivity contribution in [3.63, 3.8) is 0 Å². The smallest absolute Gasteiger partial charge is 0.314 e. The number of aromatic hydroxyl groups is 1. The predicted octanol–water partition coefficient (Wildman–Crippen LogP) is 3.19. The van der Waals surface area contributed by atoms with Crippen molar-refractivity contribution < 1.29 is 19.4 Å². The van der Waals surface area contributed by atoms with Crippen molar-refractivity contribution in [1.29, 1.82) is 0 Å². The molecule has 0 saturated heterocycles. The fourth-order valence-corrected chi connectivity index (χ4v) is 2.88. The average molecular weight is 303 g/mol. The lowest BCUT2D eigenvalue weighted by atomic mass is 9.78. The first-order chi connectivity index (χ1) is 7.99. The molecular weight excluding hydrogens is 291 g/mol. The molecule has 1 saturated carbocycles. The van der Waals surface area contributed by atoms with Gasteiger partial charge in [0.25, 0.3) is 0 Å². The Morgan fingerprint density at radius 1 is 1.35 bits per heavy atom. The van der Waals surface area contributed by atoms with Crippen LogP contribution >= 0.6 is 15.9 Å². The fraction of sp³-hybridized carbons (Fsp3) is 0.417. The van der Waals surface area contributed by atoms with Gasteiger partial charge in [0, 0.05) is 5.56 Å². The SMILES string of the molecule is O=C(O)C1(c2c(F)ccc(Br)c2O)CCCC1. The number of benzene rings is 1. The van der Waals surface area contributed by atoms with E-state index in [1.54, 1.807) is 0 Å². The van der Waals surface area contributed by atoms with E-state index < -0.39 is 17.2 Å². The lowest BCUT2D eigenvalue weighted by Gasteiger charge is -2.26. The molecule has 92 valence electrons. The Bertz CT molecular complexity index is 467. The molecule has 0 unspecified atom stereocenters. The maximum atomic E-state index is 13.8. The number of phenolic OH excluding ortho intramolecular Hbond substituents is 1. The summed E-state index contributed by atoms with van der Waals surface area (Å²) in [5.41, 5.74) is -1.37. The van der Waals surface area contributed by atoms with Gasteiger partial charge < -0.3 is 10.2 Å². The Hall–Kier alpha value is -1.10. The van der Waals surface area contributed by atoms with Crippen LogP contribution in [0.2, 0.25) is 0 Å². The van der Waals surface area contributed by atoms with E-state index in [1.165, 1.54) is 12.1 Å². The van der Waals surface area contributed by atoms with Gasteiger partial charge in [0.15, 0.2) is 0 Å². The maximum absolute atomic E-state index is 13.8. The summed E-state index contributed by atoms with van der Waals surface area (Å²) >= 11 is 3.09. The standard InChI is InChI=1S/C12H12BrFO3/c13-7-3-4-8(14)9(10(7)15)12(11(16)17)5-1-2-6-12/h3-4,15H,1-2,5-6H2,(H,16,17). The van der Waals surface area contributed by atoms with Crippen LogP contribution in [-0.4, -0.2) is 16.2 Å². The molecule has 0 aliphatic heterocycles. The lowest BCUT2D eigenvalue weighted by molar-refractivity contribution is -0.143. The van der Waals surface area contributed by atoms with Crippen molar-refractivity contribution in [2.24, 2.45) is 0 Å². The zero-order valence-electron chi connectivity index (χ0n) is 9.04.